The quantitative estimate of drug-likeness (QED) is 0.567. The number of alkyl carbamates (subject to hydrolysis) is 1. The molecule has 6 heteroatoms. The zero-order valence-corrected chi connectivity index (χ0v) is 17.2. The minimum Gasteiger partial charge on any atom is -0.444 e. The summed E-state index contributed by atoms with van der Waals surface area (Å²) in [6, 6.07) is -0.546. The number of ether oxygens (including phenoxy) is 1. The summed E-state index contributed by atoms with van der Waals surface area (Å²) in [5.74, 6) is 0. The molecule has 0 aromatic carbocycles. The number of carbonyl (C=O) groups excluding carboxylic acids is 1. The van der Waals surface area contributed by atoms with Gasteiger partial charge in [0, 0.05) is 0 Å². The minimum atomic E-state index is -2.04. The lowest BCUT2D eigenvalue weighted by atomic mass is 10.1. The molecule has 0 aliphatic heterocycles. The fraction of sp³-hybridized carbons (Fsp3) is 0.824. The molecule has 0 unspecified atom stereocenters. The third-order valence-electron chi connectivity index (χ3n) is 3.91. The Morgan fingerprint density at radius 2 is 1.74 bits per heavy atom. The molecule has 0 rings (SSSR count). The van der Waals surface area contributed by atoms with Crippen molar-refractivity contribution < 1.29 is 19.1 Å². The maximum atomic E-state index is 12.0. The van der Waals surface area contributed by atoms with Crippen molar-refractivity contribution in [2.75, 3.05) is 6.61 Å². The monoisotopic (exact) mass is 345 g/mol. The van der Waals surface area contributed by atoms with E-state index in [1.165, 1.54) is 0 Å². The lowest BCUT2D eigenvalue weighted by molar-refractivity contribution is 0.0415. The average molecular weight is 346 g/mol. The number of nitrogens with one attached hydrogen (secondary N) is 1. The van der Waals surface area contributed by atoms with Crippen LogP contribution in [-0.4, -0.2) is 43.9 Å². The van der Waals surface area contributed by atoms with Crippen LogP contribution in [0.1, 0.15) is 48.5 Å². The average Bonchev–Trinajstić information content (AvgIpc) is 2.31. The van der Waals surface area contributed by atoms with Crippen LogP contribution in [0.25, 0.3) is 0 Å². The van der Waals surface area contributed by atoms with Crippen molar-refractivity contribution in [3.63, 3.8) is 0 Å². The van der Waals surface area contributed by atoms with Crippen molar-refractivity contribution in [1.29, 1.82) is 0 Å². The van der Waals surface area contributed by atoms with Crippen LogP contribution in [0.4, 0.5) is 4.79 Å². The fourth-order valence-corrected chi connectivity index (χ4v) is 2.93. The van der Waals surface area contributed by atoms with Crippen LogP contribution in [0.3, 0.4) is 0 Å². The Kier molecular flexibility index (Phi) is 8.00. The van der Waals surface area contributed by atoms with Gasteiger partial charge in [0.25, 0.3) is 0 Å². The molecule has 0 aliphatic carbocycles. The van der Waals surface area contributed by atoms with E-state index in [9.17, 15) is 9.90 Å². The zero-order valence-electron chi connectivity index (χ0n) is 16.2. The minimum absolute atomic E-state index is 0.0404. The molecule has 0 aromatic heterocycles. The van der Waals surface area contributed by atoms with Crippen LogP contribution < -0.4 is 5.32 Å². The molecule has 1 amide bonds. The van der Waals surface area contributed by atoms with E-state index >= 15 is 0 Å². The van der Waals surface area contributed by atoms with Crippen molar-refractivity contribution >= 4 is 14.4 Å². The maximum Gasteiger partial charge on any atom is 0.408 e. The summed E-state index contributed by atoms with van der Waals surface area (Å²) in [4.78, 5) is 12.0. The molecule has 0 spiro atoms. The molecule has 2 atom stereocenters. The first-order chi connectivity index (χ1) is 10.2. The predicted molar refractivity (Wildman–Crippen MR) is 97.1 cm³/mol. The zero-order chi connectivity index (χ0) is 18.5. The largest absolute Gasteiger partial charge is 0.444 e. The Morgan fingerprint density at radius 1 is 1.22 bits per heavy atom. The molecule has 5 nitrogen and oxygen atoms in total. The van der Waals surface area contributed by atoms with Crippen LogP contribution in [0.2, 0.25) is 18.1 Å². The van der Waals surface area contributed by atoms with Gasteiger partial charge >= 0.3 is 6.09 Å². The van der Waals surface area contributed by atoms with Gasteiger partial charge in [-0.2, -0.15) is 0 Å². The van der Waals surface area contributed by atoms with Crippen LogP contribution >= 0.6 is 0 Å². The van der Waals surface area contributed by atoms with Crippen LogP contribution in [0.15, 0.2) is 12.2 Å². The summed E-state index contributed by atoms with van der Waals surface area (Å²) in [6.45, 7) is 17.8. The van der Waals surface area contributed by atoms with Crippen molar-refractivity contribution in [3.8, 4) is 0 Å². The first-order valence-corrected chi connectivity index (χ1v) is 11.1. The van der Waals surface area contributed by atoms with Gasteiger partial charge < -0.3 is 19.6 Å². The molecule has 0 saturated carbocycles. The van der Waals surface area contributed by atoms with Crippen molar-refractivity contribution in [2.24, 2.45) is 0 Å². The van der Waals surface area contributed by atoms with Crippen molar-refractivity contribution in [3.05, 3.63) is 12.2 Å². The second kappa shape index (κ2) is 8.31. The Hall–Kier alpha value is -0.853. The van der Waals surface area contributed by atoms with E-state index in [0.29, 0.717) is 0 Å². The van der Waals surface area contributed by atoms with Gasteiger partial charge in [-0.15, -0.1) is 0 Å². The highest BCUT2D eigenvalue weighted by Gasteiger charge is 2.40. The van der Waals surface area contributed by atoms with Gasteiger partial charge in [-0.25, -0.2) is 4.79 Å². The Labute approximate surface area is 142 Å². The molecule has 23 heavy (non-hydrogen) atoms. The van der Waals surface area contributed by atoms with Gasteiger partial charge in [0.15, 0.2) is 8.32 Å². The number of amides is 1. The lowest BCUT2D eigenvalue weighted by Crippen LogP contribution is -2.53. The van der Waals surface area contributed by atoms with Gasteiger partial charge in [-0.05, 0) is 45.8 Å². The van der Waals surface area contributed by atoms with Crippen LogP contribution in [0.5, 0.6) is 0 Å². The highest BCUT2D eigenvalue weighted by atomic mass is 28.4. The smallest absolute Gasteiger partial charge is 0.408 e. The summed E-state index contributed by atoms with van der Waals surface area (Å²) in [7, 11) is -2.04. The molecule has 2 N–H and O–H groups in total. The maximum absolute atomic E-state index is 12.0. The standard InChI is InChI=1S/C17H35NO4Si/c1-10-11-14(22-23(8,9)17(5,6)7)13(12-19)18-15(20)21-16(2,3)4/h10-11,13-14,19H,12H2,1-9H3,(H,18,20)/b11-10+/t13-,14+/m0/s1. The van der Waals surface area contributed by atoms with Gasteiger partial charge in [0.2, 0.25) is 0 Å². The first-order valence-electron chi connectivity index (χ1n) is 8.14. The van der Waals surface area contributed by atoms with E-state index in [1.54, 1.807) is 20.8 Å². The molecule has 0 aromatic rings. The van der Waals surface area contributed by atoms with E-state index in [4.69, 9.17) is 9.16 Å². The number of aliphatic hydroxyl groups is 1. The number of hydrogen-bond donors (Lipinski definition) is 2. The summed E-state index contributed by atoms with van der Waals surface area (Å²) < 4.78 is 11.6. The number of carbonyl (C=O) groups is 1. The second-order valence-corrected chi connectivity index (χ2v) is 13.1. The van der Waals surface area contributed by atoms with Crippen molar-refractivity contribution in [2.45, 2.75) is 84.3 Å². The molecule has 136 valence electrons. The van der Waals surface area contributed by atoms with Crippen LogP contribution in [0, 0.1) is 0 Å². The molecule has 0 aliphatic rings. The van der Waals surface area contributed by atoms with Crippen molar-refractivity contribution in [1.82, 2.24) is 5.32 Å². The van der Waals surface area contributed by atoms with E-state index in [1.807, 2.05) is 19.1 Å². The van der Waals surface area contributed by atoms with Gasteiger partial charge in [0.1, 0.15) is 5.60 Å². The number of aliphatic hydroxyl groups excluding tert-OH is 1. The fourth-order valence-electron chi connectivity index (χ4n) is 1.65. The summed E-state index contributed by atoms with van der Waals surface area (Å²) in [5.41, 5.74) is -0.583. The Bertz CT molecular complexity index is 408. The summed E-state index contributed by atoms with van der Waals surface area (Å²) >= 11 is 0. The third-order valence-corrected chi connectivity index (χ3v) is 8.39. The number of allylic oxidation sites excluding steroid dienone is 1. The molecule has 0 fully saturated rings. The molecule has 0 heterocycles. The molecular weight excluding hydrogens is 310 g/mol. The molecular formula is C17H35NO4Si. The third kappa shape index (κ3) is 7.99. The first kappa shape index (κ1) is 22.1. The van der Waals surface area contributed by atoms with Gasteiger partial charge in [-0.3, -0.25) is 0 Å². The lowest BCUT2D eigenvalue weighted by Gasteiger charge is -2.40. The van der Waals surface area contributed by atoms with E-state index in [0.717, 1.165) is 0 Å². The van der Waals surface area contributed by atoms with Gasteiger partial charge in [-0.1, -0.05) is 32.9 Å². The SMILES string of the molecule is C/C=C/[C@@H](O[Si](C)(C)C(C)(C)C)[C@H](CO)NC(=O)OC(C)(C)C. The Balaban J connectivity index is 5.14. The summed E-state index contributed by atoms with van der Waals surface area (Å²) in [5, 5.41) is 12.5. The summed E-state index contributed by atoms with van der Waals surface area (Å²) in [6.07, 6.45) is 2.80. The van der Waals surface area contributed by atoms with E-state index < -0.39 is 32.2 Å². The highest BCUT2D eigenvalue weighted by molar-refractivity contribution is 6.74. The molecule has 0 radical (unpaired) electrons. The van der Waals surface area contributed by atoms with E-state index in [-0.39, 0.29) is 11.6 Å². The highest BCUT2D eigenvalue weighted by Crippen LogP contribution is 2.37. The predicted octanol–water partition coefficient (Wildman–Crippen LogP) is 3.84. The second-order valence-electron chi connectivity index (χ2n) is 8.30. The normalized spacial score (nSPS) is 16.3. The molecule has 0 saturated heterocycles. The van der Waals surface area contributed by atoms with Crippen LogP contribution in [-0.2, 0) is 9.16 Å². The van der Waals surface area contributed by atoms with Gasteiger partial charge in [0.05, 0.1) is 18.8 Å². The molecule has 0 bridgehead atoms. The number of hydrogen-bond acceptors (Lipinski definition) is 4. The topological polar surface area (TPSA) is 67.8 Å². The number of rotatable bonds is 6. The Morgan fingerprint density at radius 3 is 2.09 bits per heavy atom. The van der Waals surface area contributed by atoms with E-state index in [2.05, 4.69) is 39.2 Å².